The van der Waals surface area contributed by atoms with Crippen LogP contribution in [0.2, 0.25) is 5.02 Å². The van der Waals surface area contributed by atoms with Gasteiger partial charge in [-0.25, -0.2) is 9.78 Å². The summed E-state index contributed by atoms with van der Waals surface area (Å²) in [6, 6.07) is 8.29. The van der Waals surface area contributed by atoms with Gasteiger partial charge in [0.1, 0.15) is 16.5 Å². The molecule has 1 aromatic heterocycles. The van der Waals surface area contributed by atoms with Gasteiger partial charge in [-0.3, -0.25) is 0 Å². The number of hydrogen-bond acceptors (Lipinski definition) is 4. The Morgan fingerprint density at radius 1 is 1.33 bits per heavy atom. The van der Waals surface area contributed by atoms with E-state index in [2.05, 4.69) is 27.6 Å². The zero-order valence-electron chi connectivity index (χ0n) is 10.9. The van der Waals surface area contributed by atoms with Crippen LogP contribution >= 0.6 is 34.2 Å². The van der Waals surface area contributed by atoms with Gasteiger partial charge in [0.2, 0.25) is 5.88 Å². The number of carboxylic acids is 1. The number of carbonyl (C=O) groups is 1. The highest BCUT2D eigenvalue weighted by Gasteiger charge is 2.12. The zero-order valence-corrected chi connectivity index (χ0v) is 13.8. The van der Waals surface area contributed by atoms with Crippen molar-refractivity contribution in [1.82, 2.24) is 4.98 Å². The van der Waals surface area contributed by atoms with Gasteiger partial charge in [0, 0.05) is 9.77 Å². The minimum Gasteiger partial charge on any atom is -0.479 e. The van der Waals surface area contributed by atoms with Crippen LogP contribution in [0.5, 0.6) is 17.4 Å². The van der Waals surface area contributed by atoms with E-state index in [-0.39, 0.29) is 0 Å². The molecule has 0 radical (unpaired) electrons. The maximum Gasteiger partial charge on any atom is 0.344 e. The Balaban J connectivity index is 2.07. The largest absolute Gasteiger partial charge is 0.479 e. The van der Waals surface area contributed by atoms with E-state index in [1.807, 2.05) is 0 Å². The van der Waals surface area contributed by atoms with Crippen molar-refractivity contribution in [1.29, 1.82) is 0 Å². The molecule has 2 aromatic rings. The van der Waals surface area contributed by atoms with Crippen molar-refractivity contribution in [2.45, 2.75) is 13.0 Å². The molecule has 1 atom stereocenters. The Labute approximate surface area is 140 Å². The third-order valence-corrected chi connectivity index (χ3v) is 3.33. The maximum absolute atomic E-state index is 10.7. The molecule has 110 valence electrons. The highest BCUT2D eigenvalue weighted by molar-refractivity contribution is 14.1. The molecule has 0 aliphatic heterocycles. The van der Waals surface area contributed by atoms with Gasteiger partial charge in [0.15, 0.2) is 6.10 Å². The molecule has 1 N–H and O–H groups in total. The monoisotopic (exact) mass is 419 g/mol. The number of rotatable bonds is 5. The number of aliphatic carboxylic acids is 1. The molecule has 21 heavy (non-hydrogen) atoms. The number of carboxylic acid groups (broad SMARTS) is 1. The van der Waals surface area contributed by atoms with Crippen LogP contribution in [0.1, 0.15) is 6.92 Å². The van der Waals surface area contributed by atoms with E-state index < -0.39 is 12.1 Å². The molecule has 0 aliphatic carbocycles. The molecule has 0 aliphatic rings. The van der Waals surface area contributed by atoms with E-state index >= 15 is 0 Å². The van der Waals surface area contributed by atoms with Crippen LogP contribution in [0.4, 0.5) is 0 Å². The van der Waals surface area contributed by atoms with Gasteiger partial charge < -0.3 is 14.6 Å². The molecular formula is C14H11ClINO4. The predicted octanol–water partition coefficient (Wildman–Crippen LogP) is 3.98. The van der Waals surface area contributed by atoms with E-state index in [4.69, 9.17) is 26.2 Å². The molecule has 1 unspecified atom stereocenters. The van der Waals surface area contributed by atoms with E-state index in [0.29, 0.717) is 22.4 Å². The zero-order chi connectivity index (χ0) is 15.4. The first-order chi connectivity index (χ1) is 9.95. The van der Waals surface area contributed by atoms with E-state index in [0.717, 1.165) is 3.57 Å². The lowest BCUT2D eigenvalue weighted by Crippen LogP contribution is -2.22. The first-order valence-corrected chi connectivity index (χ1v) is 7.40. The predicted molar refractivity (Wildman–Crippen MR) is 86.2 cm³/mol. The van der Waals surface area contributed by atoms with E-state index in [1.165, 1.54) is 6.92 Å². The fourth-order valence-electron chi connectivity index (χ4n) is 1.43. The second-order valence-electron chi connectivity index (χ2n) is 4.11. The van der Waals surface area contributed by atoms with Crippen LogP contribution in [0, 0.1) is 3.57 Å². The van der Waals surface area contributed by atoms with Crippen molar-refractivity contribution in [3.05, 3.63) is 45.1 Å². The van der Waals surface area contributed by atoms with Crippen molar-refractivity contribution in [3.63, 3.8) is 0 Å². The summed E-state index contributed by atoms with van der Waals surface area (Å²) in [4.78, 5) is 14.8. The summed E-state index contributed by atoms with van der Waals surface area (Å²) in [6.07, 6.45) is 0.734. The SMILES string of the molecule is CC(Oc1ccc(Oc2ncc(I)cc2Cl)cc1)C(=O)O. The minimum atomic E-state index is -1.02. The number of nitrogens with zero attached hydrogens (tertiary/aromatic N) is 1. The average Bonchev–Trinajstić information content (AvgIpc) is 2.43. The lowest BCUT2D eigenvalue weighted by atomic mass is 10.3. The quantitative estimate of drug-likeness (QED) is 0.743. The van der Waals surface area contributed by atoms with Crippen LogP contribution in [0.3, 0.4) is 0 Å². The topological polar surface area (TPSA) is 68.7 Å². The molecule has 1 aromatic carbocycles. The van der Waals surface area contributed by atoms with Crippen molar-refractivity contribution >= 4 is 40.2 Å². The Hall–Kier alpha value is -1.54. The third-order valence-electron chi connectivity index (χ3n) is 2.47. The Kier molecular flexibility index (Phi) is 5.24. The van der Waals surface area contributed by atoms with Gasteiger partial charge in [0.05, 0.1) is 0 Å². The van der Waals surface area contributed by atoms with Gasteiger partial charge in [0.25, 0.3) is 0 Å². The van der Waals surface area contributed by atoms with Gasteiger partial charge in [-0.15, -0.1) is 0 Å². The second-order valence-corrected chi connectivity index (χ2v) is 5.77. The molecule has 0 amide bonds. The molecule has 0 saturated heterocycles. The van der Waals surface area contributed by atoms with Crippen molar-refractivity contribution in [2.24, 2.45) is 0 Å². The van der Waals surface area contributed by atoms with Gasteiger partial charge >= 0.3 is 5.97 Å². The third kappa shape index (κ3) is 4.47. The van der Waals surface area contributed by atoms with Crippen LogP contribution in [-0.2, 0) is 4.79 Å². The van der Waals surface area contributed by atoms with Gasteiger partial charge in [-0.1, -0.05) is 11.6 Å². The summed E-state index contributed by atoms with van der Waals surface area (Å²) >= 11 is 8.14. The van der Waals surface area contributed by atoms with Gasteiger partial charge in [-0.05, 0) is 59.8 Å². The minimum absolute atomic E-state index is 0.310. The van der Waals surface area contributed by atoms with E-state index in [9.17, 15) is 4.79 Å². The summed E-state index contributed by atoms with van der Waals surface area (Å²) in [5, 5.41) is 9.19. The molecule has 7 heteroatoms. The summed E-state index contributed by atoms with van der Waals surface area (Å²) in [6.45, 7) is 1.46. The first kappa shape index (κ1) is 15.8. The molecule has 5 nitrogen and oxygen atoms in total. The lowest BCUT2D eigenvalue weighted by molar-refractivity contribution is -0.144. The standard InChI is InChI=1S/C14H11ClINO4/c1-8(14(18)19)20-10-2-4-11(5-3-10)21-13-12(15)6-9(16)7-17-13/h2-8H,1H3,(H,18,19). The second kappa shape index (κ2) is 6.95. The molecule has 0 saturated carbocycles. The smallest absolute Gasteiger partial charge is 0.344 e. The summed E-state index contributed by atoms with van der Waals surface area (Å²) < 4.78 is 11.7. The summed E-state index contributed by atoms with van der Waals surface area (Å²) in [5.41, 5.74) is 0. The molecular weight excluding hydrogens is 409 g/mol. The normalized spacial score (nSPS) is 11.8. The van der Waals surface area contributed by atoms with Crippen LogP contribution in [-0.4, -0.2) is 22.2 Å². The number of hydrogen-bond donors (Lipinski definition) is 1. The number of halogens is 2. The first-order valence-electron chi connectivity index (χ1n) is 5.94. The van der Waals surface area contributed by atoms with Crippen molar-refractivity contribution < 1.29 is 19.4 Å². The van der Waals surface area contributed by atoms with Crippen molar-refractivity contribution in [2.75, 3.05) is 0 Å². The Morgan fingerprint density at radius 2 is 1.95 bits per heavy atom. The Morgan fingerprint density at radius 3 is 2.52 bits per heavy atom. The maximum atomic E-state index is 10.7. The molecule has 0 spiro atoms. The van der Waals surface area contributed by atoms with Crippen LogP contribution < -0.4 is 9.47 Å². The van der Waals surface area contributed by atoms with E-state index in [1.54, 1.807) is 36.5 Å². The number of ether oxygens (including phenoxy) is 2. The molecule has 2 rings (SSSR count). The molecule has 0 fully saturated rings. The van der Waals surface area contributed by atoms with Crippen molar-refractivity contribution in [3.8, 4) is 17.4 Å². The highest BCUT2D eigenvalue weighted by atomic mass is 127. The molecule has 1 heterocycles. The number of aromatic nitrogens is 1. The van der Waals surface area contributed by atoms with Gasteiger partial charge in [-0.2, -0.15) is 0 Å². The molecule has 0 bridgehead atoms. The summed E-state index contributed by atoms with van der Waals surface area (Å²) in [7, 11) is 0. The Bertz CT molecular complexity index is 648. The highest BCUT2D eigenvalue weighted by Crippen LogP contribution is 2.29. The van der Waals surface area contributed by atoms with Crippen LogP contribution in [0.15, 0.2) is 36.5 Å². The number of benzene rings is 1. The fourth-order valence-corrected chi connectivity index (χ4v) is 2.27. The fraction of sp³-hybridized carbons (Fsp3) is 0.143. The van der Waals surface area contributed by atoms with Crippen LogP contribution in [0.25, 0.3) is 0 Å². The average molecular weight is 420 g/mol. The number of pyridine rings is 1. The lowest BCUT2D eigenvalue weighted by Gasteiger charge is -2.11. The summed E-state index contributed by atoms with van der Waals surface area (Å²) in [5.74, 6) is 0.259.